The summed E-state index contributed by atoms with van der Waals surface area (Å²) in [6.07, 6.45) is 0.575. The lowest BCUT2D eigenvalue weighted by Crippen LogP contribution is -2.36. The van der Waals surface area contributed by atoms with Crippen LogP contribution in [0.5, 0.6) is 0 Å². The Kier molecular flexibility index (Phi) is 8.29. The molecule has 5 nitrogen and oxygen atoms in total. The van der Waals surface area contributed by atoms with Crippen molar-refractivity contribution in [3.63, 3.8) is 0 Å². The summed E-state index contributed by atoms with van der Waals surface area (Å²) in [7, 11) is 0. The molecule has 0 spiro atoms. The number of thioether (sulfide) groups is 1. The first-order valence-electron chi connectivity index (χ1n) is 10.9. The molecule has 6 heteroatoms. The van der Waals surface area contributed by atoms with Crippen LogP contribution in [-0.2, 0) is 16.0 Å². The van der Waals surface area contributed by atoms with E-state index in [1.165, 1.54) is 16.7 Å². The molecular weight excluding hydrogens is 422 g/mol. The third-order valence-corrected chi connectivity index (χ3v) is 5.87. The van der Waals surface area contributed by atoms with E-state index in [4.69, 9.17) is 4.74 Å². The fourth-order valence-electron chi connectivity index (χ4n) is 3.14. The van der Waals surface area contributed by atoms with Crippen LogP contribution in [0.2, 0.25) is 0 Å². The van der Waals surface area contributed by atoms with Crippen molar-refractivity contribution in [2.75, 3.05) is 6.54 Å². The Morgan fingerprint density at radius 3 is 1.84 bits per heavy atom. The number of hydrogen-bond donors (Lipinski definition) is 0. The van der Waals surface area contributed by atoms with Crippen molar-refractivity contribution < 1.29 is 19.1 Å². The monoisotopic (exact) mass is 455 g/mol. The van der Waals surface area contributed by atoms with Gasteiger partial charge in [0.1, 0.15) is 10.3 Å². The molecule has 172 valence electrons. The molecule has 0 aromatic heterocycles. The van der Waals surface area contributed by atoms with Gasteiger partial charge in [-0.1, -0.05) is 38.1 Å². The number of carbonyl (C=O) groups excluding carboxylic acids is 3. The molecule has 0 unspecified atom stereocenters. The summed E-state index contributed by atoms with van der Waals surface area (Å²) in [4.78, 5) is 39.6. The van der Waals surface area contributed by atoms with E-state index in [9.17, 15) is 14.4 Å². The lowest BCUT2D eigenvalue weighted by molar-refractivity contribution is -0.156. The number of ether oxygens (including phenoxy) is 1. The lowest BCUT2D eigenvalue weighted by Gasteiger charge is -2.28. The van der Waals surface area contributed by atoms with Gasteiger partial charge in [-0.3, -0.25) is 19.3 Å². The van der Waals surface area contributed by atoms with Gasteiger partial charge in [0.15, 0.2) is 0 Å². The van der Waals surface area contributed by atoms with Gasteiger partial charge in [0.2, 0.25) is 0 Å². The molecular formula is C26H33NO4S. The van der Waals surface area contributed by atoms with Crippen LogP contribution >= 0.6 is 11.8 Å². The zero-order valence-corrected chi connectivity index (χ0v) is 20.8. The van der Waals surface area contributed by atoms with Crippen molar-refractivity contribution in [3.8, 4) is 0 Å². The second-order valence-electron chi connectivity index (χ2n) is 8.82. The van der Waals surface area contributed by atoms with E-state index < -0.39 is 10.3 Å². The molecule has 2 aromatic carbocycles. The number of esters is 1. The van der Waals surface area contributed by atoms with E-state index in [0.717, 1.165) is 10.5 Å². The van der Waals surface area contributed by atoms with E-state index in [-0.39, 0.29) is 17.8 Å². The minimum Gasteiger partial charge on any atom is -0.459 e. The van der Waals surface area contributed by atoms with E-state index in [2.05, 4.69) is 0 Å². The van der Waals surface area contributed by atoms with Gasteiger partial charge in [-0.05, 0) is 70.9 Å². The smallest absolute Gasteiger partial charge is 0.322 e. The highest BCUT2D eigenvalue weighted by Gasteiger charge is 2.35. The van der Waals surface area contributed by atoms with Gasteiger partial charge < -0.3 is 4.74 Å². The van der Waals surface area contributed by atoms with Gasteiger partial charge in [0.05, 0.1) is 11.1 Å². The molecule has 3 rings (SSSR count). The number of fused-ring (bicyclic) bond motifs is 1. The fourth-order valence-corrected chi connectivity index (χ4v) is 4.13. The molecule has 0 radical (unpaired) electrons. The first-order chi connectivity index (χ1) is 15.0. The number of imide groups is 1. The second kappa shape index (κ2) is 10.3. The average Bonchev–Trinajstić information content (AvgIpc) is 2.98. The van der Waals surface area contributed by atoms with E-state index in [0.29, 0.717) is 24.1 Å². The topological polar surface area (TPSA) is 63.7 Å². The number of carbonyl (C=O) groups is 3. The summed E-state index contributed by atoms with van der Waals surface area (Å²) in [6.45, 7) is 13.6. The molecule has 2 amide bonds. The molecule has 0 saturated carbocycles. The van der Waals surface area contributed by atoms with Crippen molar-refractivity contribution in [3.05, 3.63) is 65.2 Å². The molecule has 0 atom stereocenters. The van der Waals surface area contributed by atoms with Gasteiger partial charge in [-0.15, -0.1) is 11.8 Å². The molecule has 1 heterocycles. The first-order valence-corrected chi connectivity index (χ1v) is 11.8. The molecule has 0 fully saturated rings. The van der Waals surface area contributed by atoms with Crippen LogP contribution in [-0.4, -0.2) is 39.6 Å². The quantitative estimate of drug-likeness (QED) is 0.315. The van der Waals surface area contributed by atoms with Crippen LogP contribution in [0.4, 0.5) is 0 Å². The Hall–Kier alpha value is -2.60. The van der Waals surface area contributed by atoms with E-state index >= 15 is 0 Å². The van der Waals surface area contributed by atoms with Crippen molar-refractivity contribution >= 4 is 29.5 Å². The van der Waals surface area contributed by atoms with Gasteiger partial charge >= 0.3 is 5.97 Å². The molecule has 0 saturated heterocycles. The number of benzene rings is 2. The van der Waals surface area contributed by atoms with E-state index in [1.807, 2.05) is 72.7 Å². The number of amides is 2. The normalized spacial score (nSPS) is 13.4. The van der Waals surface area contributed by atoms with Gasteiger partial charge in [-0.25, -0.2) is 0 Å². The molecule has 1 aliphatic heterocycles. The largest absolute Gasteiger partial charge is 0.459 e. The van der Waals surface area contributed by atoms with E-state index in [1.54, 1.807) is 24.3 Å². The maximum Gasteiger partial charge on any atom is 0.322 e. The minimum absolute atomic E-state index is 0.234. The summed E-state index contributed by atoms with van der Waals surface area (Å²) in [5.74, 6) is -0.724. The highest BCUT2D eigenvalue weighted by Crippen LogP contribution is 2.34. The van der Waals surface area contributed by atoms with Crippen LogP contribution < -0.4 is 0 Å². The maximum atomic E-state index is 12.5. The van der Waals surface area contributed by atoms with Crippen molar-refractivity contribution in [1.82, 2.24) is 4.90 Å². The highest BCUT2D eigenvalue weighted by molar-refractivity contribution is 8.01. The summed E-state index contributed by atoms with van der Waals surface area (Å²) >= 11 is 1.45. The third kappa shape index (κ3) is 6.22. The van der Waals surface area contributed by atoms with Crippen molar-refractivity contribution in [1.29, 1.82) is 0 Å². The molecule has 0 N–H and O–H groups in total. The second-order valence-corrected chi connectivity index (χ2v) is 10.5. The third-order valence-electron chi connectivity index (χ3n) is 4.69. The Labute approximate surface area is 195 Å². The number of hydrogen-bond acceptors (Lipinski definition) is 5. The zero-order valence-electron chi connectivity index (χ0n) is 20.0. The molecule has 0 aliphatic carbocycles. The van der Waals surface area contributed by atoms with Crippen LogP contribution in [0.1, 0.15) is 74.7 Å². The fraction of sp³-hybridized carbons (Fsp3) is 0.423. The first kappa shape index (κ1) is 25.7. The Balaban J connectivity index is 0.00000176. The average molecular weight is 456 g/mol. The highest BCUT2D eigenvalue weighted by atomic mass is 32.2. The summed E-state index contributed by atoms with van der Waals surface area (Å²) in [5, 5.41) is 0. The van der Waals surface area contributed by atoms with Crippen LogP contribution in [0, 0.1) is 0 Å². The summed E-state index contributed by atoms with van der Waals surface area (Å²) in [6, 6.07) is 14.7. The van der Waals surface area contributed by atoms with Gasteiger partial charge in [0, 0.05) is 11.4 Å². The summed E-state index contributed by atoms with van der Waals surface area (Å²) in [5.41, 5.74) is 1.44. The Bertz CT molecular complexity index is 939. The van der Waals surface area contributed by atoms with Crippen LogP contribution in [0.15, 0.2) is 53.4 Å². The zero-order chi connectivity index (χ0) is 24.1. The van der Waals surface area contributed by atoms with Gasteiger partial charge in [-0.2, -0.15) is 0 Å². The number of rotatable bonds is 6. The molecule has 2 aromatic rings. The minimum atomic E-state index is -0.713. The molecule has 1 aliphatic rings. The van der Waals surface area contributed by atoms with Crippen molar-refractivity contribution in [2.45, 2.75) is 70.1 Å². The van der Waals surface area contributed by atoms with Crippen LogP contribution in [0.25, 0.3) is 0 Å². The predicted octanol–water partition coefficient (Wildman–Crippen LogP) is 5.76. The lowest BCUT2D eigenvalue weighted by atomic mass is 10.1. The molecule has 0 bridgehead atoms. The molecule has 32 heavy (non-hydrogen) atoms. The maximum absolute atomic E-state index is 12.5. The van der Waals surface area contributed by atoms with Gasteiger partial charge in [0.25, 0.3) is 11.8 Å². The van der Waals surface area contributed by atoms with Crippen molar-refractivity contribution in [2.24, 2.45) is 0 Å². The number of nitrogens with zero attached hydrogens (tertiary/aromatic N) is 1. The van der Waals surface area contributed by atoms with Crippen LogP contribution in [0.3, 0.4) is 0 Å². The SMILES string of the molecule is CC.CC(C)(C)OC(=O)C(C)(C)Sc1ccc(CCN2C(=O)c3ccccc3C2=O)cc1. The predicted molar refractivity (Wildman–Crippen MR) is 129 cm³/mol. The Morgan fingerprint density at radius 1 is 0.875 bits per heavy atom. The standard InChI is InChI=1S/C24H27NO4S.C2H6/c1-23(2,3)29-22(28)24(4,5)30-17-12-10-16(11-13-17)14-15-25-20(26)18-8-6-7-9-19(18)21(25)27;1-2/h6-13H,14-15H2,1-5H3;1-2H3. The Morgan fingerprint density at radius 2 is 1.38 bits per heavy atom. The summed E-state index contributed by atoms with van der Waals surface area (Å²) < 4.78 is 4.80.